The van der Waals surface area contributed by atoms with E-state index in [2.05, 4.69) is 26.8 Å². The lowest BCUT2D eigenvalue weighted by Gasteiger charge is -2.13. The fraction of sp³-hybridized carbons (Fsp3) is 0.278. The van der Waals surface area contributed by atoms with Crippen molar-refractivity contribution in [3.63, 3.8) is 0 Å². The molecule has 0 fully saturated rings. The van der Waals surface area contributed by atoms with Crippen molar-refractivity contribution < 1.29 is 4.39 Å². The van der Waals surface area contributed by atoms with Crippen LogP contribution in [-0.2, 0) is 0 Å². The van der Waals surface area contributed by atoms with Crippen LogP contribution in [0, 0.1) is 19.7 Å². The summed E-state index contributed by atoms with van der Waals surface area (Å²) in [6, 6.07) is 1.70. The number of fused-ring (bicyclic) bond motifs is 1. The molecule has 0 saturated heterocycles. The normalized spacial score (nSPS) is 11.2. The van der Waals surface area contributed by atoms with Crippen LogP contribution >= 0.6 is 0 Å². The molecule has 0 unspecified atom stereocenters. The van der Waals surface area contributed by atoms with Crippen LogP contribution in [0.4, 0.5) is 10.3 Å². The van der Waals surface area contributed by atoms with Gasteiger partial charge in [-0.2, -0.15) is 0 Å². The number of nitrogens with one attached hydrogen (secondary N) is 1. The number of hydrogen-bond donors (Lipinski definition) is 1. The highest BCUT2D eigenvalue weighted by atomic mass is 19.1. The Hall–Kier alpha value is -2.76. The van der Waals surface area contributed by atoms with E-state index in [1.807, 2.05) is 33.9 Å². The van der Waals surface area contributed by atoms with Gasteiger partial charge >= 0.3 is 0 Å². The van der Waals surface area contributed by atoms with E-state index in [1.165, 1.54) is 6.07 Å². The van der Waals surface area contributed by atoms with Crippen molar-refractivity contribution in [2.45, 2.75) is 33.7 Å². The summed E-state index contributed by atoms with van der Waals surface area (Å²) in [6.07, 6.45) is 5.32. The Labute approximate surface area is 140 Å². The lowest BCUT2D eigenvalue weighted by Crippen LogP contribution is -2.13. The monoisotopic (exact) mass is 325 g/mol. The quantitative estimate of drug-likeness (QED) is 0.793. The highest BCUT2D eigenvalue weighted by Gasteiger charge is 2.13. The minimum atomic E-state index is -0.376. The first-order chi connectivity index (χ1) is 11.3. The van der Waals surface area contributed by atoms with Gasteiger partial charge < -0.3 is 9.72 Å². The SMILES string of the molecule is C=C(c1cc(F)c2nc(C)cn2c1)c1cnc(NC(C)C)nc1C. The van der Waals surface area contributed by atoms with Gasteiger partial charge in [-0.1, -0.05) is 6.58 Å². The van der Waals surface area contributed by atoms with Gasteiger partial charge in [0.05, 0.1) is 11.4 Å². The first-order valence-corrected chi connectivity index (χ1v) is 7.80. The molecule has 1 N–H and O–H groups in total. The van der Waals surface area contributed by atoms with Gasteiger partial charge in [0.1, 0.15) is 0 Å². The molecule has 3 aromatic heterocycles. The summed E-state index contributed by atoms with van der Waals surface area (Å²) in [5, 5.41) is 3.16. The fourth-order valence-electron chi connectivity index (χ4n) is 2.59. The Kier molecular flexibility index (Phi) is 4.05. The third-order valence-corrected chi connectivity index (χ3v) is 3.70. The predicted molar refractivity (Wildman–Crippen MR) is 93.6 cm³/mol. The predicted octanol–water partition coefficient (Wildman–Crippen LogP) is 3.76. The van der Waals surface area contributed by atoms with Gasteiger partial charge in [0.2, 0.25) is 5.95 Å². The maximum atomic E-state index is 14.3. The number of hydrogen-bond acceptors (Lipinski definition) is 4. The van der Waals surface area contributed by atoms with Crippen LogP contribution in [0.1, 0.15) is 36.4 Å². The van der Waals surface area contributed by atoms with Gasteiger partial charge in [0.25, 0.3) is 0 Å². The maximum Gasteiger partial charge on any atom is 0.223 e. The first kappa shape index (κ1) is 16.1. The third kappa shape index (κ3) is 2.99. The zero-order valence-corrected chi connectivity index (χ0v) is 14.3. The van der Waals surface area contributed by atoms with Crippen molar-refractivity contribution in [3.8, 4) is 0 Å². The van der Waals surface area contributed by atoms with Gasteiger partial charge in [-0.15, -0.1) is 0 Å². The molecule has 3 aromatic rings. The molecule has 6 heteroatoms. The average Bonchev–Trinajstić information content (AvgIpc) is 2.87. The summed E-state index contributed by atoms with van der Waals surface area (Å²) >= 11 is 0. The first-order valence-electron chi connectivity index (χ1n) is 7.80. The van der Waals surface area contributed by atoms with E-state index in [-0.39, 0.29) is 11.9 Å². The lowest BCUT2D eigenvalue weighted by molar-refractivity contribution is 0.629. The molecule has 0 aromatic carbocycles. The second-order valence-corrected chi connectivity index (χ2v) is 6.16. The number of rotatable bonds is 4. The van der Waals surface area contributed by atoms with Crippen molar-refractivity contribution in [2.24, 2.45) is 0 Å². The maximum absolute atomic E-state index is 14.3. The second kappa shape index (κ2) is 6.03. The van der Waals surface area contributed by atoms with Gasteiger partial charge in [-0.25, -0.2) is 19.3 Å². The number of halogens is 1. The van der Waals surface area contributed by atoms with Crippen molar-refractivity contribution >= 4 is 17.2 Å². The number of pyridine rings is 1. The summed E-state index contributed by atoms with van der Waals surface area (Å²) in [5.74, 6) is 0.198. The molecule has 0 aliphatic heterocycles. The molecule has 5 nitrogen and oxygen atoms in total. The molecule has 3 rings (SSSR count). The summed E-state index contributed by atoms with van der Waals surface area (Å²) in [6.45, 7) is 11.9. The van der Waals surface area contributed by atoms with Crippen LogP contribution < -0.4 is 5.32 Å². The minimum Gasteiger partial charge on any atom is -0.352 e. The van der Waals surface area contributed by atoms with Gasteiger partial charge in [0, 0.05) is 35.8 Å². The Morgan fingerprint density at radius 1 is 1.25 bits per heavy atom. The molecule has 0 spiro atoms. The molecule has 0 amide bonds. The zero-order chi connectivity index (χ0) is 17.4. The number of nitrogens with zero attached hydrogens (tertiary/aromatic N) is 4. The van der Waals surface area contributed by atoms with Crippen molar-refractivity contribution in [1.29, 1.82) is 0 Å². The summed E-state index contributed by atoms with van der Waals surface area (Å²) in [7, 11) is 0. The largest absolute Gasteiger partial charge is 0.352 e. The van der Waals surface area contributed by atoms with Crippen molar-refractivity contribution in [3.05, 3.63) is 59.6 Å². The average molecular weight is 325 g/mol. The molecular formula is C18H20FN5. The number of aryl methyl sites for hydroxylation is 2. The summed E-state index contributed by atoms with van der Waals surface area (Å²) in [4.78, 5) is 12.9. The van der Waals surface area contributed by atoms with Crippen LogP contribution in [0.5, 0.6) is 0 Å². The molecule has 0 bridgehead atoms. The van der Waals surface area contributed by atoms with Crippen LogP contribution in [0.15, 0.2) is 31.2 Å². The van der Waals surface area contributed by atoms with E-state index < -0.39 is 0 Å². The number of aromatic nitrogens is 4. The highest BCUT2D eigenvalue weighted by molar-refractivity contribution is 5.79. The van der Waals surface area contributed by atoms with Crippen LogP contribution in [-0.4, -0.2) is 25.4 Å². The molecule has 24 heavy (non-hydrogen) atoms. The minimum absolute atomic E-state index is 0.249. The van der Waals surface area contributed by atoms with E-state index >= 15 is 0 Å². The fourth-order valence-corrected chi connectivity index (χ4v) is 2.59. The standard InChI is InChI=1S/C18H20FN5/c1-10(2)21-18-20-7-15(13(5)23-18)12(4)14-6-16(19)17-22-11(3)8-24(17)9-14/h6-10H,4H2,1-3,5H3,(H,20,21,23). The second-order valence-electron chi connectivity index (χ2n) is 6.16. The Morgan fingerprint density at radius 3 is 2.67 bits per heavy atom. The lowest BCUT2D eigenvalue weighted by atomic mass is 10.0. The highest BCUT2D eigenvalue weighted by Crippen LogP contribution is 2.25. The molecule has 3 heterocycles. The molecule has 0 radical (unpaired) electrons. The van der Waals surface area contributed by atoms with Crippen molar-refractivity contribution in [2.75, 3.05) is 5.32 Å². The van der Waals surface area contributed by atoms with Crippen LogP contribution in [0.25, 0.3) is 11.2 Å². The topological polar surface area (TPSA) is 55.1 Å². The zero-order valence-electron chi connectivity index (χ0n) is 14.3. The van der Waals surface area contributed by atoms with Gasteiger partial charge in [0.15, 0.2) is 11.5 Å². The third-order valence-electron chi connectivity index (χ3n) is 3.70. The van der Waals surface area contributed by atoms with E-state index in [0.717, 1.165) is 17.0 Å². The summed E-state index contributed by atoms with van der Waals surface area (Å²) in [5.41, 5.74) is 4.01. The van der Waals surface area contributed by atoms with Crippen LogP contribution in [0.2, 0.25) is 0 Å². The van der Waals surface area contributed by atoms with Gasteiger partial charge in [-0.3, -0.25) is 0 Å². The molecule has 0 aliphatic rings. The number of imidazole rings is 1. The molecule has 0 saturated carbocycles. The van der Waals surface area contributed by atoms with Gasteiger partial charge in [-0.05, 0) is 39.3 Å². The Morgan fingerprint density at radius 2 is 2.00 bits per heavy atom. The van der Waals surface area contributed by atoms with Crippen molar-refractivity contribution in [1.82, 2.24) is 19.4 Å². The molecule has 0 atom stereocenters. The molecule has 124 valence electrons. The smallest absolute Gasteiger partial charge is 0.223 e. The Balaban J connectivity index is 1.99. The summed E-state index contributed by atoms with van der Waals surface area (Å²) < 4.78 is 16.0. The number of anilines is 1. The van der Waals surface area contributed by atoms with Crippen LogP contribution in [0.3, 0.4) is 0 Å². The van der Waals surface area contributed by atoms with E-state index in [0.29, 0.717) is 22.7 Å². The molecule has 0 aliphatic carbocycles. The molecular weight excluding hydrogens is 305 g/mol. The van der Waals surface area contributed by atoms with E-state index in [4.69, 9.17) is 0 Å². The Bertz CT molecular complexity index is 927. The van der Waals surface area contributed by atoms with E-state index in [1.54, 1.807) is 16.8 Å². The van der Waals surface area contributed by atoms with E-state index in [9.17, 15) is 4.39 Å².